The van der Waals surface area contributed by atoms with E-state index in [4.69, 9.17) is 5.11 Å². The Morgan fingerprint density at radius 2 is 2.38 bits per heavy atom. The first-order valence-electron chi connectivity index (χ1n) is 3.44. The fourth-order valence-corrected chi connectivity index (χ4v) is 0.978. The molecular formula is C6H10FN3O3. The second-order valence-corrected chi connectivity index (χ2v) is 2.30. The maximum atomic E-state index is 10.4. The second kappa shape index (κ2) is 4.51. The molecule has 0 spiro atoms. The summed E-state index contributed by atoms with van der Waals surface area (Å²) in [4.78, 5) is 13.6. The van der Waals surface area contributed by atoms with Gasteiger partial charge in [-0.15, -0.1) is 0 Å². The van der Waals surface area contributed by atoms with Gasteiger partial charge in [-0.25, -0.2) is 9.55 Å². The molecule has 74 valence electrons. The van der Waals surface area contributed by atoms with Gasteiger partial charge in [0.1, 0.15) is 12.7 Å². The average Bonchev–Trinajstić information content (AvgIpc) is 2.34. The predicted octanol–water partition coefficient (Wildman–Crippen LogP) is 0.245. The largest absolute Gasteiger partial charge is 0.392 e. The monoisotopic (exact) mass is 191 g/mol. The van der Waals surface area contributed by atoms with Crippen LogP contribution in [0.15, 0.2) is 6.20 Å². The molecule has 0 unspecified atom stereocenters. The van der Waals surface area contributed by atoms with Gasteiger partial charge < -0.3 is 15.2 Å². The molecule has 1 rings (SSSR count). The van der Waals surface area contributed by atoms with Gasteiger partial charge in [0.2, 0.25) is 0 Å². The highest BCUT2D eigenvalue weighted by Crippen LogP contribution is 2.12. The summed E-state index contributed by atoms with van der Waals surface area (Å²) in [6.45, 7) is 1.74. The lowest BCUT2D eigenvalue weighted by molar-refractivity contribution is -0.392. The van der Waals surface area contributed by atoms with Crippen LogP contribution in [0.1, 0.15) is 5.82 Å². The minimum absolute atomic E-state index is 0. The van der Waals surface area contributed by atoms with E-state index in [2.05, 4.69) is 4.98 Å². The van der Waals surface area contributed by atoms with Crippen molar-refractivity contribution in [1.82, 2.24) is 9.55 Å². The maximum absolute atomic E-state index is 10.4. The van der Waals surface area contributed by atoms with Crippen LogP contribution in [-0.2, 0) is 6.54 Å². The van der Waals surface area contributed by atoms with Crippen LogP contribution in [0.5, 0.6) is 0 Å². The summed E-state index contributed by atoms with van der Waals surface area (Å²) in [7, 11) is 0. The van der Waals surface area contributed by atoms with Gasteiger partial charge in [-0.05, 0) is 4.92 Å². The molecule has 0 saturated carbocycles. The lowest BCUT2D eigenvalue weighted by Crippen LogP contribution is -2.07. The van der Waals surface area contributed by atoms with E-state index in [1.807, 2.05) is 0 Å². The number of nitrogens with zero attached hydrogens (tertiary/aromatic N) is 3. The number of aromatic nitrogens is 2. The molecule has 1 aromatic heterocycles. The Morgan fingerprint density at radius 3 is 2.85 bits per heavy atom. The minimum Gasteiger partial charge on any atom is -0.392 e. The third-order valence-electron chi connectivity index (χ3n) is 1.54. The van der Waals surface area contributed by atoms with Crippen LogP contribution in [-0.4, -0.2) is 26.2 Å². The van der Waals surface area contributed by atoms with E-state index in [9.17, 15) is 10.1 Å². The van der Waals surface area contributed by atoms with E-state index >= 15 is 0 Å². The second-order valence-electron chi connectivity index (χ2n) is 2.30. The van der Waals surface area contributed by atoms with Crippen LogP contribution in [0.2, 0.25) is 0 Å². The average molecular weight is 191 g/mol. The van der Waals surface area contributed by atoms with E-state index < -0.39 is 4.92 Å². The van der Waals surface area contributed by atoms with Crippen LogP contribution in [0.3, 0.4) is 0 Å². The molecule has 1 N–H and O–H groups in total. The van der Waals surface area contributed by atoms with Crippen molar-refractivity contribution in [2.75, 3.05) is 6.61 Å². The summed E-state index contributed by atoms with van der Waals surface area (Å²) < 4.78 is 1.36. The lowest BCUT2D eigenvalue weighted by Gasteiger charge is -1.98. The standard InChI is InChI=1S/C6H9N3O3.FH/c1-5-7-4-6(9(11)12)8(5)2-3-10;/h4,10H,2-3H2,1H3;1H. The SMILES string of the molecule is Cc1ncc([N+](=O)[O-])n1CCO.F. The number of imidazole rings is 1. The van der Waals surface area contributed by atoms with E-state index in [0.29, 0.717) is 5.82 Å². The van der Waals surface area contributed by atoms with Gasteiger partial charge in [0, 0.05) is 6.92 Å². The summed E-state index contributed by atoms with van der Waals surface area (Å²) in [5.41, 5.74) is 0. The molecule has 1 aromatic rings. The molecule has 1 heterocycles. The molecule has 0 aliphatic heterocycles. The van der Waals surface area contributed by atoms with Gasteiger partial charge in [0.05, 0.1) is 6.61 Å². The highest BCUT2D eigenvalue weighted by molar-refractivity contribution is 5.18. The normalized spacial score (nSPS) is 9.38. The molecule has 0 saturated heterocycles. The van der Waals surface area contributed by atoms with Gasteiger partial charge in [-0.1, -0.05) is 0 Å². The summed E-state index contributed by atoms with van der Waals surface area (Å²) in [5.74, 6) is 0.456. The number of nitro groups is 1. The number of hydrogen-bond acceptors (Lipinski definition) is 4. The van der Waals surface area contributed by atoms with Crippen LogP contribution in [0.4, 0.5) is 10.5 Å². The molecule has 0 bridgehead atoms. The minimum atomic E-state index is -0.518. The number of rotatable bonds is 3. The number of halogens is 1. The Kier molecular flexibility index (Phi) is 3.99. The fourth-order valence-electron chi connectivity index (χ4n) is 0.978. The summed E-state index contributed by atoms with van der Waals surface area (Å²) in [6.07, 6.45) is 1.19. The molecule has 0 amide bonds. The van der Waals surface area contributed by atoms with Crippen molar-refractivity contribution < 1.29 is 14.7 Å². The first kappa shape index (κ1) is 11.5. The number of aryl methyl sites for hydroxylation is 1. The van der Waals surface area contributed by atoms with Crippen molar-refractivity contribution >= 4 is 5.82 Å². The van der Waals surface area contributed by atoms with Crippen molar-refractivity contribution in [3.63, 3.8) is 0 Å². The number of hydrogen-bond donors (Lipinski definition) is 1. The third-order valence-corrected chi connectivity index (χ3v) is 1.54. The number of aliphatic hydroxyl groups excluding tert-OH is 1. The molecule has 0 aliphatic rings. The molecule has 6 nitrogen and oxygen atoms in total. The van der Waals surface area contributed by atoms with E-state index in [1.54, 1.807) is 6.92 Å². The zero-order valence-corrected chi connectivity index (χ0v) is 7.01. The topological polar surface area (TPSA) is 81.2 Å². The molecule has 0 atom stereocenters. The Labute approximate surface area is 73.3 Å². The lowest BCUT2D eigenvalue weighted by atomic mass is 10.6. The zero-order valence-electron chi connectivity index (χ0n) is 7.01. The Bertz CT molecular complexity index is 299. The van der Waals surface area contributed by atoms with Crippen molar-refractivity contribution in [3.05, 3.63) is 22.1 Å². The number of aliphatic hydroxyl groups is 1. The van der Waals surface area contributed by atoms with Gasteiger partial charge in [0.25, 0.3) is 0 Å². The fraction of sp³-hybridized carbons (Fsp3) is 0.500. The molecule has 0 fully saturated rings. The molecular weight excluding hydrogens is 181 g/mol. The van der Waals surface area contributed by atoms with E-state index in [1.165, 1.54) is 10.8 Å². The Morgan fingerprint density at radius 1 is 1.77 bits per heavy atom. The van der Waals surface area contributed by atoms with Crippen LogP contribution < -0.4 is 0 Å². The Balaban J connectivity index is 0.00000144. The van der Waals surface area contributed by atoms with Crippen molar-refractivity contribution in [3.8, 4) is 0 Å². The summed E-state index contributed by atoms with van der Waals surface area (Å²) in [5, 5.41) is 19.0. The maximum Gasteiger partial charge on any atom is 0.342 e. The van der Waals surface area contributed by atoms with Gasteiger partial charge in [-0.3, -0.25) is 4.70 Å². The van der Waals surface area contributed by atoms with Crippen LogP contribution in [0, 0.1) is 17.0 Å². The molecule has 0 aliphatic carbocycles. The van der Waals surface area contributed by atoms with Crippen LogP contribution in [0.25, 0.3) is 0 Å². The predicted molar refractivity (Wildman–Crippen MR) is 43.2 cm³/mol. The Hall–Kier alpha value is -1.50. The quantitative estimate of drug-likeness (QED) is 0.548. The molecule has 0 radical (unpaired) electrons. The first-order valence-corrected chi connectivity index (χ1v) is 3.44. The highest BCUT2D eigenvalue weighted by atomic mass is 19.0. The summed E-state index contributed by atoms with van der Waals surface area (Å²) >= 11 is 0. The van der Waals surface area contributed by atoms with Gasteiger partial charge in [0.15, 0.2) is 5.82 Å². The van der Waals surface area contributed by atoms with E-state index in [-0.39, 0.29) is 23.7 Å². The zero-order chi connectivity index (χ0) is 9.14. The van der Waals surface area contributed by atoms with Crippen LogP contribution >= 0.6 is 0 Å². The highest BCUT2D eigenvalue weighted by Gasteiger charge is 2.15. The van der Waals surface area contributed by atoms with Crippen molar-refractivity contribution in [2.45, 2.75) is 13.5 Å². The summed E-state index contributed by atoms with van der Waals surface area (Å²) in [6, 6.07) is 0. The van der Waals surface area contributed by atoms with Crippen molar-refractivity contribution in [2.24, 2.45) is 0 Å². The molecule has 13 heavy (non-hydrogen) atoms. The van der Waals surface area contributed by atoms with Gasteiger partial charge in [-0.2, -0.15) is 0 Å². The third kappa shape index (κ3) is 2.22. The van der Waals surface area contributed by atoms with Gasteiger partial charge >= 0.3 is 5.82 Å². The molecule has 0 aromatic carbocycles. The van der Waals surface area contributed by atoms with Crippen molar-refractivity contribution in [1.29, 1.82) is 0 Å². The first-order chi connectivity index (χ1) is 5.66. The van der Waals surface area contributed by atoms with E-state index in [0.717, 1.165) is 0 Å². The smallest absolute Gasteiger partial charge is 0.342 e. The molecule has 7 heteroatoms.